The molecule has 0 fully saturated rings. The topological polar surface area (TPSA) is 72.9 Å². The van der Waals surface area contributed by atoms with E-state index >= 15 is 0 Å². The van der Waals surface area contributed by atoms with E-state index in [0.717, 1.165) is 11.1 Å². The summed E-state index contributed by atoms with van der Waals surface area (Å²) in [7, 11) is 3.84. The molecule has 0 unspecified atom stereocenters. The summed E-state index contributed by atoms with van der Waals surface area (Å²) >= 11 is 0. The van der Waals surface area contributed by atoms with Gasteiger partial charge in [-0.2, -0.15) is 9.78 Å². The van der Waals surface area contributed by atoms with Crippen molar-refractivity contribution in [3.8, 4) is 17.3 Å². The Hall–Kier alpha value is -5.24. The van der Waals surface area contributed by atoms with Gasteiger partial charge in [0.05, 0.1) is 17.1 Å². The van der Waals surface area contributed by atoms with Crippen LogP contribution in [0.3, 0.4) is 0 Å². The van der Waals surface area contributed by atoms with E-state index in [9.17, 15) is 9.18 Å². The molecule has 4 aromatic carbocycles. The van der Waals surface area contributed by atoms with E-state index in [1.165, 1.54) is 10.7 Å². The van der Waals surface area contributed by atoms with Crippen molar-refractivity contribution >= 4 is 33.8 Å². The Morgan fingerprint density at radius 3 is 2.58 bits per heavy atom. The Morgan fingerprint density at radius 2 is 1.75 bits per heavy atom. The number of nitrogens with zero attached hydrogens (tertiary/aromatic N) is 4. The molecular formula is C32H25FN4O3. The number of fused-ring (bicyclic) bond motifs is 2. The highest BCUT2D eigenvalue weighted by Gasteiger charge is 2.17. The van der Waals surface area contributed by atoms with Crippen molar-refractivity contribution in [1.29, 1.82) is 0 Å². The molecule has 0 N–H and O–H groups in total. The van der Waals surface area contributed by atoms with E-state index in [0.29, 0.717) is 39.1 Å². The predicted octanol–water partition coefficient (Wildman–Crippen LogP) is 6.48. The van der Waals surface area contributed by atoms with Gasteiger partial charge in [0.2, 0.25) is 5.82 Å². The number of hydrogen-bond acceptors (Lipinski definition) is 6. The van der Waals surface area contributed by atoms with Gasteiger partial charge in [-0.05, 0) is 42.5 Å². The first-order chi connectivity index (χ1) is 19.5. The molecular weight excluding hydrogens is 507 g/mol. The molecule has 0 aliphatic carbocycles. The second-order valence-electron chi connectivity index (χ2n) is 9.46. The van der Waals surface area contributed by atoms with Crippen LogP contribution in [0.25, 0.3) is 33.5 Å². The van der Waals surface area contributed by atoms with Crippen LogP contribution in [0.1, 0.15) is 11.1 Å². The van der Waals surface area contributed by atoms with Crippen LogP contribution >= 0.6 is 0 Å². The molecule has 2 aromatic heterocycles. The lowest BCUT2D eigenvalue weighted by Gasteiger charge is -2.16. The minimum Gasteiger partial charge on any atom is -0.488 e. The molecule has 8 heteroatoms. The average Bonchev–Trinajstić information content (AvgIpc) is 3.41. The standard InChI is InChI=1S/C32H25FN4O3/c1-36(2)24-16-15-22(29(18-24)39-20-23-10-3-6-12-26(23)33)19-34-37-31(30-17-21-9-4-8-14-28(21)40-30)35-27-13-7-5-11-25(27)32(37)38/h3-19H,20H2,1-2H3. The second-order valence-corrected chi connectivity index (χ2v) is 9.46. The summed E-state index contributed by atoms with van der Waals surface area (Å²) in [6, 6.07) is 28.6. The Morgan fingerprint density at radius 1 is 0.975 bits per heavy atom. The molecule has 6 rings (SSSR count). The fourth-order valence-corrected chi connectivity index (χ4v) is 4.41. The molecule has 40 heavy (non-hydrogen) atoms. The van der Waals surface area contributed by atoms with Crippen LogP contribution in [-0.2, 0) is 6.61 Å². The Bertz CT molecular complexity index is 1910. The van der Waals surface area contributed by atoms with Crippen molar-refractivity contribution < 1.29 is 13.5 Å². The van der Waals surface area contributed by atoms with Crippen LogP contribution in [0.5, 0.6) is 5.75 Å². The molecule has 0 bridgehead atoms. The van der Waals surface area contributed by atoms with E-state index in [4.69, 9.17) is 14.1 Å². The maximum atomic E-state index is 14.3. The van der Waals surface area contributed by atoms with Gasteiger partial charge < -0.3 is 14.1 Å². The summed E-state index contributed by atoms with van der Waals surface area (Å²) in [6.07, 6.45) is 1.54. The van der Waals surface area contributed by atoms with Crippen LogP contribution < -0.4 is 15.2 Å². The number of halogens is 1. The van der Waals surface area contributed by atoms with Gasteiger partial charge >= 0.3 is 0 Å². The average molecular weight is 533 g/mol. The van der Waals surface area contributed by atoms with Gasteiger partial charge in [-0.1, -0.05) is 48.5 Å². The van der Waals surface area contributed by atoms with Crippen molar-refractivity contribution in [1.82, 2.24) is 9.66 Å². The Kier molecular flexibility index (Phi) is 6.57. The molecule has 0 spiro atoms. The minimum absolute atomic E-state index is 0.0338. The Balaban J connectivity index is 1.45. The van der Waals surface area contributed by atoms with E-state index in [2.05, 4.69) is 5.10 Å². The zero-order valence-electron chi connectivity index (χ0n) is 21.9. The first-order valence-electron chi connectivity index (χ1n) is 12.7. The largest absolute Gasteiger partial charge is 0.488 e. The number of anilines is 1. The summed E-state index contributed by atoms with van der Waals surface area (Å²) in [4.78, 5) is 20.3. The van der Waals surface area contributed by atoms with Crippen LogP contribution in [-0.4, -0.2) is 30.0 Å². The third-order valence-electron chi connectivity index (χ3n) is 6.57. The fourth-order valence-electron chi connectivity index (χ4n) is 4.41. The highest BCUT2D eigenvalue weighted by atomic mass is 19.1. The van der Waals surface area contributed by atoms with Gasteiger partial charge in [-0.15, -0.1) is 0 Å². The van der Waals surface area contributed by atoms with Gasteiger partial charge in [0.25, 0.3) is 5.56 Å². The van der Waals surface area contributed by atoms with Crippen molar-refractivity contribution in [3.05, 3.63) is 124 Å². The first-order valence-corrected chi connectivity index (χ1v) is 12.7. The highest BCUT2D eigenvalue weighted by molar-refractivity contribution is 5.86. The van der Waals surface area contributed by atoms with E-state index in [1.54, 1.807) is 42.6 Å². The lowest BCUT2D eigenvalue weighted by atomic mass is 10.2. The van der Waals surface area contributed by atoms with Gasteiger partial charge in [0.1, 0.15) is 23.8 Å². The molecule has 0 saturated carbocycles. The Labute approximate surface area is 229 Å². The first kappa shape index (κ1) is 25.1. The van der Waals surface area contributed by atoms with Crippen LogP contribution in [0.4, 0.5) is 10.1 Å². The number of furan rings is 1. The lowest BCUT2D eigenvalue weighted by molar-refractivity contribution is 0.299. The third-order valence-corrected chi connectivity index (χ3v) is 6.57. The summed E-state index contributed by atoms with van der Waals surface area (Å²) in [5, 5.41) is 5.89. The molecule has 7 nitrogen and oxygen atoms in total. The fraction of sp³-hybridized carbons (Fsp3) is 0.0938. The summed E-state index contributed by atoms with van der Waals surface area (Å²) in [5.74, 6) is 0.839. The molecule has 6 aromatic rings. The smallest absolute Gasteiger partial charge is 0.282 e. The normalized spacial score (nSPS) is 11.5. The quantitative estimate of drug-likeness (QED) is 0.220. The van der Waals surface area contributed by atoms with Crippen LogP contribution in [0, 0.1) is 5.82 Å². The minimum atomic E-state index is -0.342. The summed E-state index contributed by atoms with van der Waals surface area (Å²) in [6.45, 7) is 0.0338. The third kappa shape index (κ3) is 4.82. The van der Waals surface area contributed by atoms with Crippen LogP contribution in [0.2, 0.25) is 0 Å². The molecule has 0 aliphatic heterocycles. The molecule has 0 amide bonds. The maximum absolute atomic E-state index is 14.3. The molecule has 0 aliphatic rings. The van der Waals surface area contributed by atoms with E-state index in [1.807, 2.05) is 73.6 Å². The van der Waals surface area contributed by atoms with Gasteiger partial charge in [0, 0.05) is 42.4 Å². The van der Waals surface area contributed by atoms with Gasteiger partial charge in [-0.3, -0.25) is 4.79 Å². The lowest BCUT2D eigenvalue weighted by Crippen LogP contribution is -2.20. The highest BCUT2D eigenvalue weighted by Crippen LogP contribution is 2.28. The van der Waals surface area contributed by atoms with E-state index in [-0.39, 0.29) is 23.8 Å². The number of rotatable bonds is 7. The zero-order valence-corrected chi connectivity index (χ0v) is 21.9. The van der Waals surface area contributed by atoms with Crippen LogP contribution in [0.15, 0.2) is 111 Å². The number of benzene rings is 4. The number of hydrogen-bond donors (Lipinski definition) is 0. The predicted molar refractivity (Wildman–Crippen MR) is 156 cm³/mol. The molecule has 0 saturated heterocycles. The molecule has 0 radical (unpaired) electrons. The number of aromatic nitrogens is 2. The number of ether oxygens (including phenoxy) is 1. The van der Waals surface area contributed by atoms with Crippen molar-refractivity contribution in [2.45, 2.75) is 6.61 Å². The van der Waals surface area contributed by atoms with Crippen molar-refractivity contribution in [2.75, 3.05) is 19.0 Å². The second kappa shape index (κ2) is 10.5. The van der Waals surface area contributed by atoms with Crippen molar-refractivity contribution in [3.63, 3.8) is 0 Å². The van der Waals surface area contributed by atoms with Gasteiger partial charge in [0.15, 0.2) is 5.76 Å². The van der Waals surface area contributed by atoms with Gasteiger partial charge in [-0.25, -0.2) is 9.37 Å². The monoisotopic (exact) mass is 532 g/mol. The SMILES string of the molecule is CN(C)c1ccc(C=Nn2c(-c3cc4ccccc4o3)nc3ccccc3c2=O)c(OCc2ccccc2F)c1. The number of para-hydroxylation sites is 2. The summed E-state index contributed by atoms with van der Waals surface area (Å²) in [5.41, 5.74) is 2.82. The summed E-state index contributed by atoms with van der Waals surface area (Å²) < 4.78 is 27.6. The van der Waals surface area contributed by atoms with Crippen molar-refractivity contribution in [2.24, 2.45) is 5.10 Å². The maximum Gasteiger partial charge on any atom is 0.282 e. The zero-order chi connectivity index (χ0) is 27.6. The molecule has 2 heterocycles. The molecule has 198 valence electrons. The molecule has 0 atom stereocenters. The van der Waals surface area contributed by atoms with E-state index < -0.39 is 0 Å².